The molecule has 0 saturated heterocycles. The number of ether oxygens (including phenoxy) is 1. The van der Waals surface area contributed by atoms with Crippen LogP contribution in [0.15, 0.2) is 40.4 Å². The molecule has 2 rings (SSSR count). The van der Waals surface area contributed by atoms with Crippen molar-refractivity contribution in [2.75, 3.05) is 0 Å². The monoisotopic (exact) mass is 269 g/mol. The standard InChI is InChI=1S/C10H7NO6S/c12-6-2-1-3-7(4-6)17-10-11-5-8(9(13)14)18(10,15)16/h1-5,12H,(H,13,14). The van der Waals surface area contributed by atoms with Crippen molar-refractivity contribution in [1.82, 2.24) is 0 Å². The van der Waals surface area contributed by atoms with Gasteiger partial charge in [0.2, 0.25) is 0 Å². The molecule has 0 atom stereocenters. The predicted octanol–water partition coefficient (Wildman–Crippen LogP) is 0.481. The number of aromatic hydroxyl groups is 1. The minimum absolute atomic E-state index is 0.0392. The lowest BCUT2D eigenvalue weighted by Gasteiger charge is -2.05. The maximum Gasteiger partial charge on any atom is 0.349 e. The minimum atomic E-state index is -4.23. The van der Waals surface area contributed by atoms with Crippen molar-refractivity contribution < 1.29 is 28.2 Å². The Morgan fingerprint density at radius 1 is 1.33 bits per heavy atom. The van der Waals surface area contributed by atoms with Gasteiger partial charge in [0.25, 0.3) is 9.84 Å². The molecular weight excluding hydrogens is 262 g/mol. The molecular formula is C10H7NO6S. The summed E-state index contributed by atoms with van der Waals surface area (Å²) in [5.74, 6) is -1.68. The molecule has 0 bridgehead atoms. The first-order chi connectivity index (χ1) is 8.41. The molecule has 1 heterocycles. The molecule has 1 aromatic rings. The number of phenols is 1. The van der Waals surface area contributed by atoms with E-state index >= 15 is 0 Å². The second-order valence-electron chi connectivity index (χ2n) is 3.30. The molecule has 0 saturated carbocycles. The van der Waals surface area contributed by atoms with Crippen molar-refractivity contribution in [3.05, 3.63) is 35.4 Å². The lowest BCUT2D eigenvalue weighted by molar-refractivity contribution is -0.131. The normalized spacial score (nSPS) is 16.9. The zero-order valence-corrected chi connectivity index (χ0v) is 9.59. The summed E-state index contributed by atoms with van der Waals surface area (Å²) in [4.78, 5) is 13.2. The lowest BCUT2D eigenvalue weighted by Crippen LogP contribution is -2.22. The molecule has 94 valence electrons. The fraction of sp³-hybridized carbons (Fsp3) is 0. The molecule has 0 fully saturated rings. The molecule has 0 unspecified atom stereocenters. The number of carboxylic acids is 1. The fourth-order valence-electron chi connectivity index (χ4n) is 1.24. The summed E-state index contributed by atoms with van der Waals surface area (Å²) in [5.41, 5.74) is 0. The Morgan fingerprint density at radius 3 is 2.61 bits per heavy atom. The van der Waals surface area contributed by atoms with Gasteiger partial charge in [-0.2, -0.15) is 0 Å². The molecule has 18 heavy (non-hydrogen) atoms. The Balaban J connectivity index is 2.27. The second-order valence-corrected chi connectivity index (χ2v) is 5.09. The van der Waals surface area contributed by atoms with Crippen LogP contribution in [0.25, 0.3) is 0 Å². The summed E-state index contributed by atoms with van der Waals surface area (Å²) in [6.45, 7) is 0. The number of nitrogens with zero attached hydrogens (tertiary/aromatic N) is 1. The van der Waals surface area contributed by atoms with Crippen LogP contribution >= 0.6 is 0 Å². The molecule has 1 aromatic carbocycles. The summed E-state index contributed by atoms with van der Waals surface area (Å²) in [7, 11) is -4.23. The third kappa shape index (κ3) is 2.05. The van der Waals surface area contributed by atoms with Crippen LogP contribution in [0, 0.1) is 0 Å². The van der Waals surface area contributed by atoms with Gasteiger partial charge in [-0.25, -0.2) is 18.2 Å². The van der Waals surface area contributed by atoms with Gasteiger partial charge >= 0.3 is 11.2 Å². The average Bonchev–Trinajstić information content (AvgIpc) is 2.54. The number of rotatable bonds is 2. The van der Waals surface area contributed by atoms with Crippen LogP contribution in [-0.4, -0.2) is 29.8 Å². The SMILES string of the molecule is O=C(O)C1=CN=C(Oc2cccc(O)c2)S1(=O)=O. The maximum absolute atomic E-state index is 11.7. The average molecular weight is 269 g/mol. The van der Waals surface area contributed by atoms with Gasteiger partial charge in [-0.05, 0) is 12.1 Å². The zero-order chi connectivity index (χ0) is 13.3. The highest BCUT2D eigenvalue weighted by Crippen LogP contribution is 2.23. The predicted molar refractivity (Wildman–Crippen MR) is 60.8 cm³/mol. The molecule has 8 heteroatoms. The van der Waals surface area contributed by atoms with Gasteiger partial charge in [0.1, 0.15) is 11.5 Å². The highest BCUT2D eigenvalue weighted by Gasteiger charge is 2.36. The van der Waals surface area contributed by atoms with Gasteiger partial charge in [0, 0.05) is 6.07 Å². The van der Waals surface area contributed by atoms with E-state index in [4.69, 9.17) is 9.84 Å². The molecule has 2 N–H and O–H groups in total. The Morgan fingerprint density at radius 2 is 2.06 bits per heavy atom. The van der Waals surface area contributed by atoms with E-state index in [1.54, 1.807) is 0 Å². The number of carbonyl (C=O) groups is 1. The van der Waals surface area contributed by atoms with Gasteiger partial charge in [0.05, 0.1) is 6.20 Å². The van der Waals surface area contributed by atoms with Crippen LogP contribution in [0.2, 0.25) is 0 Å². The largest absolute Gasteiger partial charge is 0.508 e. The highest BCUT2D eigenvalue weighted by atomic mass is 32.2. The van der Waals surface area contributed by atoms with Gasteiger partial charge in [-0.15, -0.1) is 0 Å². The first-order valence-electron chi connectivity index (χ1n) is 4.64. The fourth-order valence-corrected chi connectivity index (χ4v) is 2.25. The van der Waals surface area contributed by atoms with E-state index in [1.165, 1.54) is 24.3 Å². The Bertz CT molecular complexity index is 673. The number of benzene rings is 1. The van der Waals surface area contributed by atoms with E-state index in [9.17, 15) is 18.3 Å². The van der Waals surface area contributed by atoms with Crippen LogP contribution in [0.1, 0.15) is 0 Å². The van der Waals surface area contributed by atoms with Crippen molar-refractivity contribution >= 4 is 21.0 Å². The van der Waals surface area contributed by atoms with Crippen molar-refractivity contribution in [3.63, 3.8) is 0 Å². The first-order valence-corrected chi connectivity index (χ1v) is 6.13. The lowest BCUT2D eigenvalue weighted by atomic mass is 10.3. The number of hydrogen-bond acceptors (Lipinski definition) is 6. The number of aliphatic carboxylic acids is 1. The second kappa shape index (κ2) is 4.15. The van der Waals surface area contributed by atoms with E-state index < -0.39 is 25.9 Å². The van der Waals surface area contributed by atoms with Crippen LogP contribution in [-0.2, 0) is 14.6 Å². The summed E-state index contributed by atoms with van der Waals surface area (Å²) >= 11 is 0. The van der Waals surface area contributed by atoms with Gasteiger partial charge in [0.15, 0.2) is 4.91 Å². The van der Waals surface area contributed by atoms with Crippen molar-refractivity contribution in [1.29, 1.82) is 0 Å². The van der Waals surface area contributed by atoms with Crippen LogP contribution in [0.5, 0.6) is 11.5 Å². The Kier molecular flexibility index (Phi) is 2.79. The highest BCUT2D eigenvalue weighted by molar-refractivity contribution is 8.10. The zero-order valence-electron chi connectivity index (χ0n) is 8.77. The van der Waals surface area contributed by atoms with Gasteiger partial charge in [-0.1, -0.05) is 6.07 Å². The molecule has 7 nitrogen and oxygen atoms in total. The van der Waals surface area contributed by atoms with Crippen molar-refractivity contribution in [2.45, 2.75) is 0 Å². The van der Waals surface area contributed by atoms with Crippen LogP contribution in [0.3, 0.4) is 0 Å². The summed E-state index contributed by atoms with van der Waals surface area (Å²) in [6, 6.07) is 5.39. The summed E-state index contributed by atoms with van der Waals surface area (Å²) in [5, 5.41) is 17.1. The summed E-state index contributed by atoms with van der Waals surface area (Å²) in [6.07, 6.45) is 0.704. The summed E-state index contributed by atoms with van der Waals surface area (Å²) < 4.78 is 28.3. The Labute approximate surface area is 102 Å². The van der Waals surface area contributed by atoms with E-state index in [1.807, 2.05) is 0 Å². The quantitative estimate of drug-likeness (QED) is 0.807. The molecule has 0 aliphatic carbocycles. The molecule has 0 aromatic heterocycles. The third-order valence-corrected chi connectivity index (χ3v) is 3.55. The van der Waals surface area contributed by atoms with E-state index in [-0.39, 0.29) is 11.5 Å². The number of sulfone groups is 1. The molecule has 0 spiro atoms. The topological polar surface area (TPSA) is 113 Å². The first kappa shape index (κ1) is 12.1. The number of carboxylic acid groups (broad SMARTS) is 1. The number of hydrogen-bond donors (Lipinski definition) is 2. The van der Waals surface area contributed by atoms with Crippen molar-refractivity contribution in [2.24, 2.45) is 4.99 Å². The molecule has 0 amide bonds. The number of aliphatic imine (C=N–C) groups is 1. The van der Waals surface area contributed by atoms with Gasteiger partial charge < -0.3 is 14.9 Å². The maximum atomic E-state index is 11.7. The van der Waals surface area contributed by atoms with Crippen molar-refractivity contribution in [3.8, 4) is 11.5 Å². The minimum Gasteiger partial charge on any atom is -0.508 e. The number of phenolic OH excluding ortho intramolecular Hbond substituents is 1. The Hall–Kier alpha value is -2.35. The third-order valence-electron chi connectivity index (χ3n) is 2.04. The van der Waals surface area contributed by atoms with E-state index in [0.29, 0.717) is 6.20 Å². The van der Waals surface area contributed by atoms with E-state index in [2.05, 4.69) is 4.99 Å². The molecule has 1 aliphatic rings. The molecule has 0 radical (unpaired) electrons. The van der Waals surface area contributed by atoms with Gasteiger partial charge in [-0.3, -0.25) is 0 Å². The van der Waals surface area contributed by atoms with Crippen LogP contribution < -0.4 is 4.74 Å². The molecule has 1 aliphatic heterocycles. The van der Waals surface area contributed by atoms with E-state index in [0.717, 1.165) is 0 Å². The smallest absolute Gasteiger partial charge is 0.349 e. The van der Waals surface area contributed by atoms with Crippen LogP contribution in [0.4, 0.5) is 0 Å².